The number of ether oxygens (including phenoxy) is 2. The van der Waals surface area contributed by atoms with Crippen LogP contribution in [0.25, 0.3) is 0 Å². The summed E-state index contributed by atoms with van der Waals surface area (Å²) in [6.07, 6.45) is 4.33. The van der Waals surface area contributed by atoms with Gasteiger partial charge in [0.15, 0.2) is 23.9 Å². The third-order valence-electron chi connectivity index (χ3n) is 5.35. The molecule has 1 fully saturated rings. The van der Waals surface area contributed by atoms with Crippen LogP contribution in [0.2, 0.25) is 0 Å². The van der Waals surface area contributed by atoms with Crippen molar-refractivity contribution in [1.29, 1.82) is 0 Å². The molecule has 2 aromatic rings. The summed E-state index contributed by atoms with van der Waals surface area (Å²) in [5.41, 5.74) is 1.41. The van der Waals surface area contributed by atoms with E-state index in [4.69, 9.17) is 9.47 Å². The molecule has 29 heavy (non-hydrogen) atoms. The number of Topliss-reactive ketones (excluding diaryl/α,β-unsaturated/α-hetero) is 1. The Morgan fingerprint density at radius 2 is 1.79 bits per heavy atom. The zero-order valence-electron chi connectivity index (χ0n) is 16.7. The number of carbonyl (C=O) groups excluding carboxylic acids is 2. The first-order valence-corrected chi connectivity index (χ1v) is 9.84. The highest BCUT2D eigenvalue weighted by Crippen LogP contribution is 2.36. The number of halogens is 1. The fraction of sp³-hybridized carbons (Fsp3) is 0.391. The van der Waals surface area contributed by atoms with Gasteiger partial charge in [-0.25, -0.2) is 4.39 Å². The smallest absolute Gasteiger partial charge is 0.258 e. The van der Waals surface area contributed by atoms with E-state index >= 15 is 0 Å². The highest BCUT2D eigenvalue weighted by molar-refractivity contribution is 5.94. The maximum absolute atomic E-state index is 13.3. The highest BCUT2D eigenvalue weighted by atomic mass is 19.1. The van der Waals surface area contributed by atoms with Crippen LogP contribution in [0.5, 0.6) is 11.5 Å². The number of hydrogen-bond donors (Lipinski definition) is 1. The Hall–Kier alpha value is -2.89. The van der Waals surface area contributed by atoms with Gasteiger partial charge in [-0.1, -0.05) is 25.0 Å². The molecule has 0 heterocycles. The first-order chi connectivity index (χ1) is 14.0. The fourth-order valence-electron chi connectivity index (χ4n) is 3.80. The summed E-state index contributed by atoms with van der Waals surface area (Å²) in [6, 6.07) is 11.0. The Morgan fingerprint density at radius 3 is 2.41 bits per heavy atom. The van der Waals surface area contributed by atoms with Crippen molar-refractivity contribution in [1.82, 2.24) is 5.32 Å². The van der Waals surface area contributed by atoms with E-state index in [2.05, 4.69) is 5.32 Å². The van der Waals surface area contributed by atoms with Crippen LogP contribution in [0, 0.1) is 11.7 Å². The molecule has 0 radical (unpaired) electrons. The van der Waals surface area contributed by atoms with E-state index in [1.54, 1.807) is 30.3 Å². The second kappa shape index (κ2) is 9.54. The van der Waals surface area contributed by atoms with Gasteiger partial charge in [0.25, 0.3) is 5.91 Å². The Labute approximate surface area is 170 Å². The summed E-state index contributed by atoms with van der Waals surface area (Å²) in [5, 5.41) is 3.05. The second-order valence-electron chi connectivity index (χ2n) is 7.35. The van der Waals surface area contributed by atoms with Gasteiger partial charge in [-0.2, -0.15) is 0 Å². The first-order valence-electron chi connectivity index (χ1n) is 9.84. The molecule has 0 spiro atoms. The van der Waals surface area contributed by atoms with Crippen molar-refractivity contribution >= 4 is 11.7 Å². The number of methoxy groups -OCH3 is 1. The summed E-state index contributed by atoms with van der Waals surface area (Å²) in [6.45, 7) is 1.29. The van der Waals surface area contributed by atoms with Crippen molar-refractivity contribution in [3.05, 3.63) is 59.4 Å². The number of rotatable bonds is 8. The van der Waals surface area contributed by atoms with Crippen LogP contribution in [0.3, 0.4) is 0 Å². The van der Waals surface area contributed by atoms with E-state index in [9.17, 15) is 14.0 Å². The molecular formula is C23H26FNO4. The van der Waals surface area contributed by atoms with E-state index in [1.807, 2.05) is 0 Å². The van der Waals surface area contributed by atoms with Gasteiger partial charge in [-0.3, -0.25) is 9.59 Å². The van der Waals surface area contributed by atoms with E-state index in [0.717, 1.165) is 31.2 Å². The first kappa shape index (κ1) is 20.8. The van der Waals surface area contributed by atoms with Crippen LogP contribution in [-0.4, -0.2) is 25.4 Å². The van der Waals surface area contributed by atoms with Gasteiger partial charge in [-0.15, -0.1) is 0 Å². The maximum Gasteiger partial charge on any atom is 0.258 e. The third kappa shape index (κ3) is 5.34. The van der Waals surface area contributed by atoms with Crippen molar-refractivity contribution < 1.29 is 23.5 Å². The zero-order chi connectivity index (χ0) is 20.8. The molecule has 1 aliphatic rings. The van der Waals surface area contributed by atoms with E-state index < -0.39 is 0 Å². The van der Waals surface area contributed by atoms with Crippen LogP contribution < -0.4 is 14.8 Å². The Morgan fingerprint density at radius 1 is 1.10 bits per heavy atom. The topological polar surface area (TPSA) is 64.6 Å². The van der Waals surface area contributed by atoms with Gasteiger partial charge >= 0.3 is 0 Å². The van der Waals surface area contributed by atoms with E-state index in [0.29, 0.717) is 23.0 Å². The molecule has 0 saturated heterocycles. The van der Waals surface area contributed by atoms with Gasteiger partial charge in [-0.05, 0) is 61.6 Å². The molecule has 0 aromatic heterocycles. The summed E-state index contributed by atoms with van der Waals surface area (Å²) in [5.74, 6) is 0.488. The number of nitrogens with one attached hydrogen (secondary N) is 1. The molecule has 3 rings (SSSR count). The van der Waals surface area contributed by atoms with Crippen LogP contribution in [0.1, 0.15) is 54.6 Å². The number of benzene rings is 2. The van der Waals surface area contributed by atoms with E-state index in [1.165, 1.54) is 26.2 Å². The van der Waals surface area contributed by atoms with Crippen LogP contribution in [0.4, 0.5) is 4.39 Å². The second-order valence-corrected chi connectivity index (χ2v) is 7.35. The van der Waals surface area contributed by atoms with Crippen molar-refractivity contribution in [2.75, 3.05) is 13.7 Å². The lowest BCUT2D eigenvalue weighted by molar-refractivity contribution is -0.124. The molecule has 154 valence electrons. The number of carbonyl (C=O) groups is 2. The monoisotopic (exact) mass is 399 g/mol. The van der Waals surface area contributed by atoms with Gasteiger partial charge in [0, 0.05) is 5.56 Å². The molecule has 0 bridgehead atoms. The van der Waals surface area contributed by atoms with Gasteiger partial charge in [0.05, 0.1) is 13.2 Å². The predicted octanol–water partition coefficient (Wildman–Crippen LogP) is 4.46. The van der Waals surface area contributed by atoms with Crippen molar-refractivity contribution in [2.24, 2.45) is 5.92 Å². The molecule has 1 saturated carbocycles. The average Bonchev–Trinajstić information content (AvgIpc) is 3.25. The molecule has 0 unspecified atom stereocenters. The lowest BCUT2D eigenvalue weighted by atomic mass is 9.91. The van der Waals surface area contributed by atoms with Crippen LogP contribution in [-0.2, 0) is 4.79 Å². The standard InChI is InChI=1S/C23H26FNO4/c1-15(26)18-9-12-20(21(13-18)28-2)29-14-22(27)25-23(16-5-3-4-6-16)17-7-10-19(24)11-8-17/h7-13,16,23H,3-6,14H2,1-2H3,(H,25,27)/t23-/m0/s1. The quantitative estimate of drug-likeness (QED) is 0.666. The van der Waals surface area contributed by atoms with Gasteiger partial charge in [0.2, 0.25) is 0 Å². The number of hydrogen-bond acceptors (Lipinski definition) is 4. The summed E-state index contributed by atoms with van der Waals surface area (Å²) in [7, 11) is 1.48. The molecule has 1 amide bonds. The SMILES string of the molecule is COc1cc(C(C)=O)ccc1OCC(=O)N[C@H](c1ccc(F)cc1)C1CCCC1. The molecule has 2 aromatic carbocycles. The Kier molecular flexibility index (Phi) is 6.86. The Balaban J connectivity index is 1.67. The van der Waals surface area contributed by atoms with Crippen molar-refractivity contribution in [3.63, 3.8) is 0 Å². The third-order valence-corrected chi connectivity index (χ3v) is 5.35. The highest BCUT2D eigenvalue weighted by Gasteiger charge is 2.28. The van der Waals surface area contributed by atoms with Gasteiger partial charge in [0.1, 0.15) is 5.82 Å². The van der Waals surface area contributed by atoms with Crippen molar-refractivity contribution in [3.8, 4) is 11.5 Å². The summed E-state index contributed by atoms with van der Waals surface area (Å²) < 4.78 is 24.2. The number of amides is 1. The number of ketones is 1. The summed E-state index contributed by atoms with van der Waals surface area (Å²) >= 11 is 0. The average molecular weight is 399 g/mol. The molecule has 6 heteroatoms. The Bertz CT molecular complexity index is 860. The molecule has 1 N–H and O–H groups in total. The van der Waals surface area contributed by atoms with Crippen LogP contribution in [0.15, 0.2) is 42.5 Å². The molecule has 5 nitrogen and oxygen atoms in total. The fourth-order valence-corrected chi connectivity index (χ4v) is 3.80. The maximum atomic E-state index is 13.3. The zero-order valence-corrected chi connectivity index (χ0v) is 16.7. The van der Waals surface area contributed by atoms with Crippen LogP contribution >= 0.6 is 0 Å². The minimum Gasteiger partial charge on any atom is -0.493 e. The largest absolute Gasteiger partial charge is 0.493 e. The van der Waals surface area contributed by atoms with E-state index in [-0.39, 0.29) is 30.2 Å². The molecule has 1 atom stereocenters. The normalized spacial score (nSPS) is 15.0. The molecule has 0 aliphatic heterocycles. The molecular weight excluding hydrogens is 373 g/mol. The van der Waals surface area contributed by atoms with Crippen molar-refractivity contribution in [2.45, 2.75) is 38.6 Å². The lowest BCUT2D eigenvalue weighted by Gasteiger charge is -2.25. The summed E-state index contributed by atoms with van der Waals surface area (Å²) in [4.78, 5) is 24.1. The minimum atomic E-state index is -0.297. The lowest BCUT2D eigenvalue weighted by Crippen LogP contribution is -2.36. The predicted molar refractivity (Wildman–Crippen MR) is 108 cm³/mol. The van der Waals surface area contributed by atoms with Gasteiger partial charge < -0.3 is 14.8 Å². The molecule has 1 aliphatic carbocycles. The minimum absolute atomic E-state index is 0.0775.